The maximum Gasteiger partial charge on any atom is 1.00 e. The molecule has 1 atom stereocenters. The molecule has 2 aliphatic carbocycles. The summed E-state index contributed by atoms with van der Waals surface area (Å²) in [6.45, 7) is 3.76. The van der Waals surface area contributed by atoms with E-state index in [1.165, 1.54) is 39.0 Å². The molecular formula is C61H46Au2N6. The maximum absolute atomic E-state index is 7.14. The summed E-state index contributed by atoms with van der Waals surface area (Å²) >= 11 is 0. The zero-order chi connectivity index (χ0) is 45.8. The Bertz CT molecular complexity index is 3170. The van der Waals surface area contributed by atoms with Crippen LogP contribution in [0.3, 0.4) is 0 Å². The molecule has 1 N–H and O–H groups in total. The summed E-state index contributed by atoms with van der Waals surface area (Å²) in [6.07, 6.45) is 20.3. The van der Waals surface area contributed by atoms with Gasteiger partial charge in [0.25, 0.3) is 0 Å². The summed E-state index contributed by atoms with van der Waals surface area (Å²) in [5.74, 6) is 8.22. The van der Waals surface area contributed by atoms with Gasteiger partial charge in [-0.05, 0) is 58.2 Å². The third-order valence-electron chi connectivity index (χ3n) is 11.7. The number of nitrogens with one attached hydrogen (secondary N) is 1. The van der Waals surface area contributed by atoms with Crippen molar-refractivity contribution in [2.45, 2.75) is 38.3 Å². The Morgan fingerprint density at radius 1 is 0.580 bits per heavy atom. The molecule has 0 bridgehead atoms. The van der Waals surface area contributed by atoms with Crippen LogP contribution in [0.15, 0.2) is 216 Å². The van der Waals surface area contributed by atoms with Crippen molar-refractivity contribution in [3.63, 3.8) is 0 Å². The molecule has 1 aromatic heterocycles. The van der Waals surface area contributed by atoms with Crippen molar-refractivity contribution in [2.75, 3.05) is 0 Å². The number of benzene rings is 7. The van der Waals surface area contributed by atoms with Crippen LogP contribution in [0.5, 0.6) is 0 Å². The largest absolute Gasteiger partial charge is 1.00 e. The summed E-state index contributed by atoms with van der Waals surface area (Å²) in [7, 11) is 0. The maximum atomic E-state index is 7.14. The van der Waals surface area contributed by atoms with E-state index < -0.39 is 0 Å². The fraction of sp³-hybridized carbons (Fsp3) is 0.0984. The van der Waals surface area contributed by atoms with Crippen LogP contribution in [-0.2, 0) is 64.0 Å². The number of hydrogen-bond donors (Lipinski definition) is 1. The fourth-order valence-electron chi connectivity index (χ4n) is 8.28. The topological polar surface area (TPSA) is 75.4 Å². The molecule has 69 heavy (non-hydrogen) atoms. The van der Waals surface area contributed by atoms with Crippen molar-refractivity contribution in [3.05, 3.63) is 263 Å². The van der Waals surface area contributed by atoms with Gasteiger partial charge in [0.2, 0.25) is 0 Å². The second-order valence-electron chi connectivity index (χ2n) is 16.4. The Hall–Kier alpha value is -7.23. The first kappa shape index (κ1) is 49.7. The van der Waals surface area contributed by atoms with E-state index >= 15 is 0 Å². The van der Waals surface area contributed by atoms with E-state index in [4.69, 9.17) is 37.8 Å². The van der Waals surface area contributed by atoms with Crippen LogP contribution in [-0.4, -0.2) is 26.6 Å². The summed E-state index contributed by atoms with van der Waals surface area (Å²) in [5.41, 5.74) is 15.1. The molecule has 0 spiro atoms. The molecule has 8 heteroatoms. The van der Waals surface area contributed by atoms with Crippen molar-refractivity contribution in [3.8, 4) is 45.7 Å². The van der Waals surface area contributed by atoms with Crippen LogP contribution >= 0.6 is 0 Å². The molecule has 0 fully saturated rings. The Labute approximate surface area is 437 Å². The molecule has 3 aliphatic rings. The number of rotatable bonds is 9. The number of aliphatic imine (C=N–C) groups is 2. The quantitative estimate of drug-likeness (QED) is 0.0888. The average molecular weight is 1260 g/mol. The smallest absolute Gasteiger partial charge is 0.366 e. The summed E-state index contributed by atoms with van der Waals surface area (Å²) in [6, 6.07) is 63.2. The van der Waals surface area contributed by atoms with Crippen LogP contribution in [0.25, 0.3) is 40.0 Å². The third-order valence-corrected chi connectivity index (χ3v) is 11.7. The normalized spacial score (nSPS) is 13.3. The van der Waals surface area contributed by atoms with Crippen molar-refractivity contribution in [2.24, 2.45) is 9.98 Å². The first-order chi connectivity index (χ1) is 33.0. The number of aromatic nitrogens is 3. The van der Waals surface area contributed by atoms with Crippen molar-refractivity contribution < 1.29 is 44.8 Å². The van der Waals surface area contributed by atoms with Crippen LogP contribution in [0.4, 0.5) is 0 Å². The van der Waals surface area contributed by atoms with Crippen molar-refractivity contribution in [1.29, 1.82) is 0 Å². The number of allylic oxidation sites excluding steroid dienone is 2. The van der Waals surface area contributed by atoms with Gasteiger partial charge in [0.15, 0.2) is 17.8 Å². The Morgan fingerprint density at radius 3 is 1.77 bits per heavy atom. The zero-order valence-electron chi connectivity index (χ0n) is 37.6. The van der Waals surface area contributed by atoms with Crippen LogP contribution in [0, 0.1) is 24.7 Å². The molecule has 1 unspecified atom stereocenters. The van der Waals surface area contributed by atoms with Gasteiger partial charge in [0, 0.05) is 16.7 Å². The van der Waals surface area contributed by atoms with Gasteiger partial charge in [0.1, 0.15) is 17.5 Å². The zero-order valence-corrected chi connectivity index (χ0v) is 42.0. The number of fused-ring (bicyclic) bond motifs is 4. The van der Waals surface area contributed by atoms with E-state index in [9.17, 15) is 0 Å². The van der Waals surface area contributed by atoms with Gasteiger partial charge in [-0.25, -0.2) is 24.9 Å². The second kappa shape index (κ2) is 24.2. The minimum Gasteiger partial charge on any atom is -0.366 e. The minimum atomic E-state index is -0.350. The van der Waals surface area contributed by atoms with E-state index in [1.807, 2.05) is 133 Å². The minimum absolute atomic E-state index is 0. The van der Waals surface area contributed by atoms with E-state index in [0.717, 1.165) is 70.7 Å². The van der Waals surface area contributed by atoms with Gasteiger partial charge in [-0.15, -0.1) is 17.7 Å². The van der Waals surface area contributed by atoms with Crippen LogP contribution in [0.2, 0.25) is 0 Å². The molecule has 11 rings (SSSR count). The summed E-state index contributed by atoms with van der Waals surface area (Å²) < 4.78 is 0. The molecule has 342 valence electrons. The van der Waals surface area contributed by atoms with E-state index in [-0.39, 0.29) is 50.9 Å². The van der Waals surface area contributed by atoms with Crippen molar-refractivity contribution >= 4 is 17.7 Å². The Morgan fingerprint density at radius 2 is 1.14 bits per heavy atom. The Kier molecular flexibility index (Phi) is 17.4. The van der Waals surface area contributed by atoms with E-state index in [1.54, 1.807) is 0 Å². The van der Waals surface area contributed by atoms with Gasteiger partial charge in [0.05, 0.1) is 6.42 Å². The molecule has 0 saturated heterocycles. The monoisotopic (exact) mass is 1260 g/mol. The molecule has 8 aromatic rings. The molecule has 6 nitrogen and oxygen atoms in total. The van der Waals surface area contributed by atoms with E-state index in [2.05, 4.69) is 84.4 Å². The van der Waals surface area contributed by atoms with Gasteiger partial charge in [-0.2, -0.15) is 12.2 Å². The molecule has 0 saturated carbocycles. The molecular weight excluding hydrogens is 1210 g/mol. The standard InChI is InChI=1S/C31H24N6.C15H9.C15H13.2Au/c1-5-13-22(14-6-1)28-32-26(33-29(36-28)23-15-7-2-8-16-23)21-27-34-30(24-17-9-3-10-18-24)37-31(35-27)25-19-11-4-12-20-25;1-2-11-7-8-13-10-12-5-3-4-6-14(12)15(13)9-11;1-3-12(2)8-9-13-10-14-6-4-5-7-15(14)11-13;;/h1-20,28H,21H2,(H,32,33,36);3-9H,10H2;4-7,10H,2,8-9,11H2;;/q;2*-1;2*+1. The molecule has 2 heterocycles. The van der Waals surface area contributed by atoms with E-state index in [0.29, 0.717) is 23.9 Å². The van der Waals surface area contributed by atoms with Gasteiger partial charge >= 0.3 is 44.8 Å². The fourth-order valence-corrected chi connectivity index (χ4v) is 8.28. The molecule has 7 aromatic carbocycles. The number of hydrogen-bond acceptors (Lipinski definition) is 6. The van der Waals surface area contributed by atoms with Gasteiger partial charge in [-0.1, -0.05) is 194 Å². The first-order valence-electron chi connectivity index (χ1n) is 22.4. The predicted molar refractivity (Wildman–Crippen MR) is 272 cm³/mol. The van der Waals surface area contributed by atoms with Gasteiger partial charge < -0.3 is 18.2 Å². The van der Waals surface area contributed by atoms with Crippen LogP contribution < -0.4 is 5.32 Å². The molecule has 0 amide bonds. The SMILES string of the molecule is [Au+].[Au+].[C-]#CC(=C)CCC1=Cc2ccccc2C1.[C-]#Cc1ccc2c(c1)-c1ccccc1C2.c1ccc(C2=NC(c3ccccc3)N=C(Cc3nc(-c4ccccc4)nc(-c4ccccc4)n3)N2)cc1. The second-order valence-corrected chi connectivity index (χ2v) is 16.4. The van der Waals surface area contributed by atoms with Crippen LogP contribution in [0.1, 0.15) is 63.8 Å². The first-order valence-corrected chi connectivity index (χ1v) is 22.4. The number of amidine groups is 2. The summed E-state index contributed by atoms with van der Waals surface area (Å²) in [4.78, 5) is 24.3. The molecule has 0 radical (unpaired) electrons. The van der Waals surface area contributed by atoms with Gasteiger partial charge in [-0.3, -0.25) is 11.8 Å². The average Bonchev–Trinajstić information content (AvgIpc) is 4.00. The number of nitrogens with zero attached hydrogens (tertiary/aromatic N) is 5. The Balaban J connectivity index is 0.000000180. The predicted octanol–water partition coefficient (Wildman–Crippen LogP) is 12.6. The molecule has 1 aliphatic heterocycles. The summed E-state index contributed by atoms with van der Waals surface area (Å²) in [5, 5.41) is 3.44. The third kappa shape index (κ3) is 12.7. The van der Waals surface area contributed by atoms with Crippen molar-refractivity contribution in [1.82, 2.24) is 20.3 Å².